The number of nitrogens with zero attached hydrogens (tertiary/aromatic N) is 1. The van der Waals surface area contributed by atoms with E-state index in [1.807, 2.05) is 12.3 Å². The first-order chi connectivity index (χ1) is 10.2. The number of aryl methyl sites for hydroxylation is 2. The van der Waals surface area contributed by atoms with Crippen LogP contribution in [0.5, 0.6) is 0 Å². The Morgan fingerprint density at radius 3 is 2.57 bits per heavy atom. The van der Waals surface area contributed by atoms with E-state index in [4.69, 9.17) is 0 Å². The molecule has 1 heterocycles. The number of hydrogen-bond acceptors (Lipinski definition) is 1. The van der Waals surface area contributed by atoms with Gasteiger partial charge in [-0.25, -0.2) is 0 Å². The van der Waals surface area contributed by atoms with Crippen molar-refractivity contribution in [2.45, 2.75) is 52.5 Å². The van der Waals surface area contributed by atoms with Crippen LogP contribution in [0.2, 0.25) is 0 Å². The molecular formula is C19H25NO. The minimum Gasteiger partial charge on any atom is -0.311 e. The van der Waals surface area contributed by atoms with Gasteiger partial charge in [0.1, 0.15) is 0 Å². The van der Waals surface area contributed by atoms with Crippen LogP contribution in [-0.2, 0) is 13.0 Å². The van der Waals surface area contributed by atoms with E-state index in [0.29, 0.717) is 6.54 Å². The molecule has 0 saturated carbocycles. The van der Waals surface area contributed by atoms with E-state index in [2.05, 4.69) is 38.1 Å². The number of rotatable bonds is 7. The fourth-order valence-electron chi connectivity index (χ4n) is 2.60. The van der Waals surface area contributed by atoms with Crippen molar-refractivity contribution in [2.24, 2.45) is 0 Å². The Morgan fingerprint density at radius 2 is 1.86 bits per heavy atom. The van der Waals surface area contributed by atoms with E-state index in [0.717, 1.165) is 12.0 Å². The summed E-state index contributed by atoms with van der Waals surface area (Å²) < 4.78 is 1.78. The third-order valence-corrected chi connectivity index (χ3v) is 3.81. The summed E-state index contributed by atoms with van der Waals surface area (Å²) in [6, 6.07) is 12.2. The second-order valence-electron chi connectivity index (χ2n) is 5.80. The smallest absolute Gasteiger partial charge is 0.251 e. The largest absolute Gasteiger partial charge is 0.311 e. The molecule has 0 radical (unpaired) electrons. The van der Waals surface area contributed by atoms with Crippen LogP contribution in [0.15, 0.2) is 47.4 Å². The highest BCUT2D eigenvalue weighted by atomic mass is 16.1. The zero-order chi connectivity index (χ0) is 15.1. The van der Waals surface area contributed by atoms with Gasteiger partial charge in [-0.1, -0.05) is 56.0 Å². The maximum atomic E-state index is 12.2. The standard InChI is InChI=1S/C19H25NO/c1-3-4-5-6-9-17-11-12-20(19(21)14-17)15-18-10-7-8-16(2)13-18/h7-8,10-14H,3-6,9,15H2,1-2H3. The van der Waals surface area contributed by atoms with Crippen molar-refractivity contribution in [2.75, 3.05) is 0 Å². The van der Waals surface area contributed by atoms with Crippen LogP contribution in [0, 0.1) is 6.92 Å². The predicted octanol–water partition coefficient (Wildman–Crippen LogP) is 4.33. The van der Waals surface area contributed by atoms with E-state index in [1.54, 1.807) is 10.6 Å². The maximum absolute atomic E-state index is 12.2. The fraction of sp³-hybridized carbons (Fsp3) is 0.421. The van der Waals surface area contributed by atoms with Gasteiger partial charge in [-0.05, 0) is 37.0 Å². The van der Waals surface area contributed by atoms with Crippen LogP contribution >= 0.6 is 0 Å². The zero-order valence-electron chi connectivity index (χ0n) is 13.1. The molecule has 0 saturated heterocycles. The van der Waals surface area contributed by atoms with E-state index in [1.165, 1.54) is 36.8 Å². The van der Waals surface area contributed by atoms with Gasteiger partial charge >= 0.3 is 0 Å². The molecule has 0 fully saturated rings. The predicted molar refractivity (Wildman–Crippen MR) is 88.8 cm³/mol. The number of unbranched alkanes of at least 4 members (excludes halogenated alkanes) is 3. The Balaban J connectivity index is 2.00. The van der Waals surface area contributed by atoms with Crippen LogP contribution in [0.25, 0.3) is 0 Å². The van der Waals surface area contributed by atoms with Crippen molar-refractivity contribution in [3.05, 3.63) is 69.6 Å². The lowest BCUT2D eigenvalue weighted by molar-refractivity contribution is 0.663. The first-order valence-electron chi connectivity index (χ1n) is 7.94. The molecule has 0 unspecified atom stereocenters. The minimum atomic E-state index is 0.101. The van der Waals surface area contributed by atoms with Gasteiger partial charge in [0.15, 0.2) is 0 Å². The quantitative estimate of drug-likeness (QED) is 0.693. The topological polar surface area (TPSA) is 22.0 Å². The van der Waals surface area contributed by atoms with E-state index < -0.39 is 0 Å². The van der Waals surface area contributed by atoms with Gasteiger partial charge in [0.05, 0.1) is 6.54 Å². The average Bonchev–Trinajstić information content (AvgIpc) is 2.46. The molecule has 112 valence electrons. The van der Waals surface area contributed by atoms with Crippen molar-refractivity contribution in [1.29, 1.82) is 0 Å². The van der Waals surface area contributed by atoms with Crippen molar-refractivity contribution >= 4 is 0 Å². The summed E-state index contributed by atoms with van der Waals surface area (Å²) >= 11 is 0. The molecule has 0 N–H and O–H groups in total. The molecule has 2 rings (SSSR count). The number of benzene rings is 1. The van der Waals surface area contributed by atoms with Gasteiger partial charge in [-0.3, -0.25) is 4.79 Å². The van der Waals surface area contributed by atoms with Gasteiger partial charge in [-0.15, -0.1) is 0 Å². The van der Waals surface area contributed by atoms with E-state index in [-0.39, 0.29) is 5.56 Å². The molecule has 0 spiro atoms. The SMILES string of the molecule is CCCCCCc1ccn(Cc2cccc(C)c2)c(=O)c1. The average molecular weight is 283 g/mol. The summed E-state index contributed by atoms with van der Waals surface area (Å²) in [7, 11) is 0. The third kappa shape index (κ3) is 4.89. The monoisotopic (exact) mass is 283 g/mol. The van der Waals surface area contributed by atoms with Crippen LogP contribution in [0.1, 0.15) is 49.3 Å². The van der Waals surface area contributed by atoms with Crippen molar-refractivity contribution in [3.63, 3.8) is 0 Å². The third-order valence-electron chi connectivity index (χ3n) is 3.81. The molecule has 2 heteroatoms. The Hall–Kier alpha value is -1.83. The van der Waals surface area contributed by atoms with Gasteiger partial charge < -0.3 is 4.57 Å². The van der Waals surface area contributed by atoms with Crippen LogP contribution in [0.4, 0.5) is 0 Å². The zero-order valence-corrected chi connectivity index (χ0v) is 13.1. The molecule has 21 heavy (non-hydrogen) atoms. The summed E-state index contributed by atoms with van der Waals surface area (Å²) in [5, 5.41) is 0. The van der Waals surface area contributed by atoms with Crippen molar-refractivity contribution in [1.82, 2.24) is 4.57 Å². The fourth-order valence-corrected chi connectivity index (χ4v) is 2.60. The molecule has 0 bridgehead atoms. The molecule has 0 aliphatic rings. The van der Waals surface area contributed by atoms with Gasteiger partial charge in [0, 0.05) is 12.3 Å². The summed E-state index contributed by atoms with van der Waals surface area (Å²) in [6.07, 6.45) is 7.90. The van der Waals surface area contributed by atoms with Crippen molar-refractivity contribution < 1.29 is 0 Å². The van der Waals surface area contributed by atoms with Crippen LogP contribution in [0.3, 0.4) is 0 Å². The molecule has 0 aliphatic carbocycles. The Morgan fingerprint density at radius 1 is 1.00 bits per heavy atom. The molecule has 2 aromatic rings. The highest BCUT2D eigenvalue weighted by Gasteiger charge is 2.01. The summed E-state index contributed by atoms with van der Waals surface area (Å²) in [4.78, 5) is 12.2. The minimum absolute atomic E-state index is 0.101. The molecule has 0 atom stereocenters. The van der Waals surface area contributed by atoms with Crippen LogP contribution in [-0.4, -0.2) is 4.57 Å². The first kappa shape index (κ1) is 15.6. The highest BCUT2D eigenvalue weighted by Crippen LogP contribution is 2.08. The summed E-state index contributed by atoms with van der Waals surface area (Å²) in [5.74, 6) is 0. The van der Waals surface area contributed by atoms with Gasteiger partial charge in [0.25, 0.3) is 5.56 Å². The second-order valence-corrected chi connectivity index (χ2v) is 5.80. The second kappa shape index (κ2) is 7.82. The number of hydrogen-bond donors (Lipinski definition) is 0. The summed E-state index contributed by atoms with van der Waals surface area (Å²) in [6.45, 7) is 4.94. The number of aromatic nitrogens is 1. The molecule has 1 aromatic carbocycles. The molecular weight excluding hydrogens is 258 g/mol. The lowest BCUT2D eigenvalue weighted by Crippen LogP contribution is -2.19. The van der Waals surface area contributed by atoms with Crippen molar-refractivity contribution in [3.8, 4) is 0 Å². The Bertz CT molecular complexity index is 627. The lowest BCUT2D eigenvalue weighted by Gasteiger charge is -2.08. The molecule has 0 aliphatic heterocycles. The van der Waals surface area contributed by atoms with E-state index >= 15 is 0 Å². The van der Waals surface area contributed by atoms with E-state index in [9.17, 15) is 4.79 Å². The normalized spacial score (nSPS) is 10.8. The molecule has 1 aromatic heterocycles. The van der Waals surface area contributed by atoms with Gasteiger partial charge in [-0.2, -0.15) is 0 Å². The molecule has 2 nitrogen and oxygen atoms in total. The lowest BCUT2D eigenvalue weighted by atomic mass is 10.1. The Kier molecular flexibility index (Phi) is 5.79. The first-order valence-corrected chi connectivity index (χ1v) is 7.94. The molecule has 0 amide bonds. The maximum Gasteiger partial charge on any atom is 0.251 e. The van der Waals surface area contributed by atoms with Crippen LogP contribution < -0.4 is 5.56 Å². The summed E-state index contributed by atoms with van der Waals surface area (Å²) in [5.41, 5.74) is 3.67. The van der Waals surface area contributed by atoms with Gasteiger partial charge in [0.2, 0.25) is 0 Å². The Labute approximate surface area is 127 Å². The number of pyridine rings is 1. The highest BCUT2D eigenvalue weighted by molar-refractivity contribution is 5.23.